The van der Waals surface area contributed by atoms with E-state index in [9.17, 15) is 8.42 Å². The predicted molar refractivity (Wildman–Crippen MR) is 76.9 cm³/mol. The fraction of sp³-hybridized carbons (Fsp3) is 0.182. The van der Waals surface area contributed by atoms with Crippen molar-refractivity contribution in [2.24, 2.45) is 0 Å². The molecule has 5 nitrogen and oxygen atoms in total. The summed E-state index contributed by atoms with van der Waals surface area (Å²) in [5.41, 5.74) is 5.79. The summed E-state index contributed by atoms with van der Waals surface area (Å²) in [4.78, 5) is 4.12. The van der Waals surface area contributed by atoms with Crippen molar-refractivity contribution in [2.75, 3.05) is 12.3 Å². The van der Waals surface area contributed by atoms with Crippen LogP contribution in [-0.4, -0.2) is 19.9 Å². The molecule has 0 bridgehead atoms. The molecule has 0 aliphatic carbocycles. The maximum atomic E-state index is 12.0. The first-order chi connectivity index (χ1) is 8.99. The lowest BCUT2D eigenvalue weighted by molar-refractivity contribution is 0.582. The fourth-order valence-corrected chi connectivity index (χ4v) is 3.45. The Labute approximate surface area is 120 Å². The minimum Gasteiger partial charge on any atom is -0.398 e. The molecule has 0 saturated carbocycles. The van der Waals surface area contributed by atoms with Gasteiger partial charge in [-0.1, -0.05) is 11.6 Å². The number of thiazole rings is 1. The Morgan fingerprint density at radius 3 is 2.84 bits per heavy atom. The van der Waals surface area contributed by atoms with Crippen molar-refractivity contribution >= 4 is 38.6 Å². The molecule has 0 fully saturated rings. The van der Waals surface area contributed by atoms with Gasteiger partial charge in [0.1, 0.15) is 4.90 Å². The summed E-state index contributed by atoms with van der Waals surface area (Å²) in [6, 6.07) is 4.30. The predicted octanol–water partition coefficient (Wildman–Crippen LogP) is 1.90. The van der Waals surface area contributed by atoms with Crippen LogP contribution in [0.3, 0.4) is 0 Å². The average molecular weight is 318 g/mol. The number of anilines is 1. The zero-order valence-corrected chi connectivity index (χ0v) is 12.2. The molecular formula is C11H12ClN3O2S2. The lowest BCUT2D eigenvalue weighted by atomic mass is 10.3. The van der Waals surface area contributed by atoms with Crippen molar-refractivity contribution in [1.82, 2.24) is 9.71 Å². The van der Waals surface area contributed by atoms with Crippen LogP contribution in [0.1, 0.15) is 5.01 Å². The quantitative estimate of drug-likeness (QED) is 0.825. The molecule has 8 heteroatoms. The van der Waals surface area contributed by atoms with Crippen molar-refractivity contribution in [3.8, 4) is 0 Å². The minimum absolute atomic E-state index is 0.0380. The first kappa shape index (κ1) is 14.3. The van der Waals surface area contributed by atoms with E-state index in [1.807, 2.05) is 5.38 Å². The number of nitrogen functional groups attached to an aromatic ring is 1. The van der Waals surface area contributed by atoms with Crippen molar-refractivity contribution in [2.45, 2.75) is 11.3 Å². The minimum atomic E-state index is -3.62. The van der Waals surface area contributed by atoms with E-state index in [0.717, 1.165) is 5.01 Å². The molecule has 1 aromatic heterocycles. The Bertz CT molecular complexity index is 657. The lowest BCUT2D eigenvalue weighted by Crippen LogP contribution is -2.26. The summed E-state index contributed by atoms with van der Waals surface area (Å²) in [6.45, 7) is 0.276. The first-order valence-corrected chi connectivity index (χ1v) is 8.16. The Kier molecular flexibility index (Phi) is 4.41. The zero-order chi connectivity index (χ0) is 13.9. The SMILES string of the molecule is Nc1cc(Cl)ccc1S(=O)(=O)NCCc1nccs1. The van der Waals surface area contributed by atoms with E-state index in [1.54, 1.807) is 6.20 Å². The maximum absolute atomic E-state index is 12.0. The molecule has 0 aliphatic rings. The highest BCUT2D eigenvalue weighted by atomic mass is 35.5. The number of halogens is 1. The summed E-state index contributed by atoms with van der Waals surface area (Å²) in [5, 5.41) is 3.13. The monoisotopic (exact) mass is 317 g/mol. The van der Waals surface area contributed by atoms with E-state index in [1.165, 1.54) is 29.5 Å². The van der Waals surface area contributed by atoms with Crippen molar-refractivity contribution in [3.63, 3.8) is 0 Å². The summed E-state index contributed by atoms with van der Waals surface area (Å²) < 4.78 is 26.6. The van der Waals surface area contributed by atoms with Gasteiger partial charge >= 0.3 is 0 Å². The number of nitrogens with two attached hydrogens (primary N) is 1. The molecule has 1 aromatic carbocycles. The van der Waals surface area contributed by atoms with Crippen LogP contribution in [0, 0.1) is 0 Å². The number of sulfonamides is 1. The summed E-state index contributed by atoms with van der Waals surface area (Å²) >= 11 is 7.22. The molecule has 2 rings (SSSR count). The highest BCUT2D eigenvalue weighted by Crippen LogP contribution is 2.22. The summed E-state index contributed by atoms with van der Waals surface area (Å²) in [6.07, 6.45) is 2.23. The van der Waals surface area contributed by atoms with Gasteiger partial charge in [-0.3, -0.25) is 0 Å². The smallest absolute Gasteiger partial charge is 0.242 e. The number of hydrogen-bond acceptors (Lipinski definition) is 5. The van der Waals surface area contributed by atoms with Gasteiger partial charge in [0.2, 0.25) is 10.0 Å². The Hall–Kier alpha value is -1.15. The van der Waals surface area contributed by atoms with Crippen LogP contribution in [0.4, 0.5) is 5.69 Å². The molecule has 0 spiro atoms. The van der Waals surface area contributed by atoms with Crippen LogP contribution in [0.5, 0.6) is 0 Å². The van der Waals surface area contributed by atoms with Crippen molar-refractivity contribution in [1.29, 1.82) is 0 Å². The summed E-state index contributed by atoms with van der Waals surface area (Å²) in [7, 11) is -3.62. The van der Waals surface area contributed by atoms with Crippen LogP contribution >= 0.6 is 22.9 Å². The molecule has 0 saturated heterocycles. The van der Waals surface area contributed by atoms with Gasteiger partial charge in [-0.25, -0.2) is 18.1 Å². The molecular weight excluding hydrogens is 306 g/mol. The molecule has 1 heterocycles. The maximum Gasteiger partial charge on any atom is 0.242 e. The van der Waals surface area contributed by atoms with Gasteiger partial charge in [0.25, 0.3) is 0 Å². The second-order valence-electron chi connectivity index (χ2n) is 3.76. The molecule has 3 N–H and O–H groups in total. The van der Waals surface area contributed by atoms with Gasteiger partial charge in [-0.05, 0) is 18.2 Å². The molecule has 102 valence electrons. The zero-order valence-electron chi connectivity index (χ0n) is 9.84. The number of nitrogens with one attached hydrogen (secondary N) is 1. The fourth-order valence-electron chi connectivity index (χ4n) is 1.51. The molecule has 0 aliphatic heterocycles. The third-order valence-corrected chi connectivity index (χ3v) is 4.99. The van der Waals surface area contributed by atoms with Gasteiger partial charge in [-0.2, -0.15) is 0 Å². The van der Waals surface area contributed by atoms with E-state index in [0.29, 0.717) is 11.4 Å². The third kappa shape index (κ3) is 3.66. The number of aromatic nitrogens is 1. The Morgan fingerprint density at radius 1 is 1.42 bits per heavy atom. The number of benzene rings is 1. The van der Waals surface area contributed by atoms with Crippen LogP contribution in [0.25, 0.3) is 0 Å². The number of rotatable bonds is 5. The van der Waals surface area contributed by atoms with Gasteiger partial charge < -0.3 is 5.73 Å². The van der Waals surface area contributed by atoms with Gasteiger partial charge in [0, 0.05) is 29.6 Å². The van der Waals surface area contributed by atoms with Crippen molar-refractivity contribution < 1.29 is 8.42 Å². The van der Waals surface area contributed by atoms with Crippen LogP contribution in [0.2, 0.25) is 5.02 Å². The largest absolute Gasteiger partial charge is 0.398 e. The van der Waals surface area contributed by atoms with Crippen LogP contribution < -0.4 is 10.5 Å². The van der Waals surface area contributed by atoms with Crippen molar-refractivity contribution in [3.05, 3.63) is 39.8 Å². The molecule has 19 heavy (non-hydrogen) atoms. The highest BCUT2D eigenvalue weighted by Gasteiger charge is 2.17. The lowest BCUT2D eigenvalue weighted by Gasteiger charge is -2.08. The Morgan fingerprint density at radius 2 is 2.21 bits per heavy atom. The number of hydrogen-bond donors (Lipinski definition) is 2. The second kappa shape index (κ2) is 5.87. The summed E-state index contributed by atoms with van der Waals surface area (Å²) in [5.74, 6) is 0. The van der Waals surface area contributed by atoms with E-state index < -0.39 is 10.0 Å². The van der Waals surface area contributed by atoms with Crippen LogP contribution in [0.15, 0.2) is 34.7 Å². The molecule has 0 atom stereocenters. The topological polar surface area (TPSA) is 85.1 Å². The standard InChI is InChI=1S/C11H12ClN3O2S2/c12-8-1-2-10(9(13)7-8)19(16,17)15-4-3-11-14-5-6-18-11/h1-2,5-7,15H,3-4,13H2. The average Bonchev–Trinajstić information content (AvgIpc) is 2.81. The van der Waals surface area contributed by atoms with E-state index in [-0.39, 0.29) is 17.1 Å². The van der Waals surface area contributed by atoms with Gasteiger partial charge in [0.15, 0.2) is 0 Å². The normalized spacial score (nSPS) is 11.6. The van der Waals surface area contributed by atoms with Gasteiger partial charge in [0.05, 0.1) is 10.7 Å². The van der Waals surface area contributed by atoms with Gasteiger partial charge in [-0.15, -0.1) is 11.3 Å². The van der Waals surface area contributed by atoms with E-state index >= 15 is 0 Å². The highest BCUT2D eigenvalue weighted by molar-refractivity contribution is 7.89. The molecule has 0 radical (unpaired) electrons. The molecule has 2 aromatic rings. The van der Waals surface area contributed by atoms with E-state index in [4.69, 9.17) is 17.3 Å². The number of nitrogens with zero attached hydrogens (tertiary/aromatic N) is 1. The van der Waals surface area contributed by atoms with Crippen LogP contribution in [-0.2, 0) is 16.4 Å². The molecule has 0 amide bonds. The van der Waals surface area contributed by atoms with E-state index in [2.05, 4.69) is 9.71 Å². The third-order valence-electron chi connectivity index (χ3n) is 2.38. The second-order valence-corrected chi connectivity index (χ2v) is 6.91. The molecule has 0 unspecified atom stereocenters. The Balaban J connectivity index is 2.05. The first-order valence-electron chi connectivity index (χ1n) is 5.42.